The van der Waals surface area contributed by atoms with Gasteiger partial charge < -0.3 is 32.7 Å². The van der Waals surface area contributed by atoms with Crippen molar-refractivity contribution in [2.75, 3.05) is 36.8 Å². The highest BCUT2D eigenvalue weighted by Crippen LogP contribution is 2.22. The van der Waals surface area contributed by atoms with Gasteiger partial charge in [0.15, 0.2) is 10.2 Å². The van der Waals surface area contributed by atoms with Crippen molar-refractivity contribution >= 4 is 69.1 Å². The smallest absolute Gasteiger partial charge is 0.170 e. The fourth-order valence-electron chi connectivity index (χ4n) is 4.66. The number of nitrogens with two attached hydrogens (primary N) is 2. The summed E-state index contributed by atoms with van der Waals surface area (Å²) < 4.78 is 0. The number of unbranched alkanes of at least 4 members (excludes halogenated alkanes) is 4. The Bertz CT molecular complexity index is 1300. The first-order valence-electron chi connectivity index (χ1n) is 16.3. The Morgan fingerprint density at radius 3 is 1.26 bits per heavy atom. The van der Waals surface area contributed by atoms with Gasteiger partial charge in [-0.3, -0.25) is 0 Å². The van der Waals surface area contributed by atoms with Gasteiger partial charge in [0.2, 0.25) is 0 Å². The van der Waals surface area contributed by atoms with Crippen molar-refractivity contribution in [2.24, 2.45) is 16.5 Å². The van der Waals surface area contributed by atoms with Gasteiger partial charge in [0, 0.05) is 24.5 Å². The number of hydrogen-bond acceptors (Lipinski definition) is 6. The monoisotopic (exact) mass is 693 g/mol. The summed E-state index contributed by atoms with van der Waals surface area (Å²) in [5.41, 5.74) is 20.7. The van der Waals surface area contributed by atoms with E-state index in [1.54, 1.807) is 0 Å². The molecule has 0 unspecified atom stereocenters. The number of anilines is 2. The van der Waals surface area contributed by atoms with E-state index in [0.29, 0.717) is 10.2 Å². The summed E-state index contributed by atoms with van der Waals surface area (Å²) >= 11 is 15.4. The largest absolute Gasteiger partial charge is 0.362 e. The third-order valence-corrected chi connectivity index (χ3v) is 7.95. The quantitative estimate of drug-likeness (QED) is 0.0596. The third-order valence-electron chi connectivity index (χ3n) is 7.37. The highest BCUT2D eigenvalue weighted by Gasteiger charge is 2.05. The Hall–Kier alpha value is -3.24. The van der Waals surface area contributed by atoms with E-state index in [2.05, 4.69) is 108 Å². The molecule has 0 aliphatic carbocycles. The van der Waals surface area contributed by atoms with Crippen LogP contribution in [0.2, 0.25) is 0 Å². The number of nitrogens with one attached hydrogen (secondary N) is 4. The fraction of sp³-hybridized carbons (Fsp3) is 0.432. The highest BCUT2D eigenvalue weighted by atomic mass is 32.1. The topological polar surface area (TPSA) is 113 Å². The number of para-hydroxylation sites is 3. The summed E-state index contributed by atoms with van der Waals surface area (Å²) in [7, 11) is 0. The summed E-state index contributed by atoms with van der Waals surface area (Å²) in [6, 6.07) is 18.5. The van der Waals surface area contributed by atoms with E-state index in [1.807, 2.05) is 32.0 Å². The van der Waals surface area contributed by atoms with Gasteiger partial charge in [-0.25, -0.2) is 0 Å². The van der Waals surface area contributed by atoms with Crippen LogP contribution in [0.3, 0.4) is 0 Å². The van der Waals surface area contributed by atoms with E-state index in [1.165, 1.54) is 28.7 Å². The van der Waals surface area contributed by atoms with Crippen molar-refractivity contribution in [1.82, 2.24) is 10.6 Å². The number of aryl methyl sites for hydroxylation is 6. The molecule has 0 aliphatic heterocycles. The minimum Gasteiger partial charge on any atom is -0.362 e. The van der Waals surface area contributed by atoms with Gasteiger partial charge in [-0.05, 0) is 157 Å². The Kier molecular flexibility index (Phi) is 22.1. The molecule has 47 heavy (non-hydrogen) atoms. The highest BCUT2D eigenvalue weighted by molar-refractivity contribution is 7.80. The predicted octanol–water partition coefficient (Wildman–Crippen LogP) is 8.48. The number of isothiocyanates is 1. The van der Waals surface area contributed by atoms with E-state index in [9.17, 15) is 0 Å². The molecule has 0 aromatic heterocycles. The van der Waals surface area contributed by atoms with Crippen LogP contribution in [-0.2, 0) is 0 Å². The lowest BCUT2D eigenvalue weighted by atomic mass is 10.1. The molecule has 0 radical (unpaired) electrons. The summed E-state index contributed by atoms with van der Waals surface area (Å²) in [4.78, 5) is 3.97. The van der Waals surface area contributed by atoms with Gasteiger partial charge in [-0.15, -0.1) is 0 Å². The standard InChI is InChI=1S/C23H32N4S2.C9H9NS.C5H14N2/c1-16-10-8-11-17(2)20(16)26-22(28)24-14-6-5-7-15-25-23(29)27-21-18(3)12-9-13-19(21)4;1-7-4-3-5-8(2)9(7)10-6-11;6-4-2-1-3-5-7/h8-13H,5-7,14-15H2,1-4H3,(H2,24,26,28)(H2,25,27,29);3-5H,1-2H3;1-7H2. The molecule has 256 valence electrons. The molecule has 0 atom stereocenters. The minimum absolute atomic E-state index is 0.680. The lowest BCUT2D eigenvalue weighted by molar-refractivity contribution is 0.655. The van der Waals surface area contributed by atoms with Gasteiger partial charge in [-0.2, -0.15) is 4.99 Å². The maximum atomic E-state index is 5.41. The molecular formula is C37H55N7S3. The lowest BCUT2D eigenvalue weighted by Gasteiger charge is -2.15. The molecule has 8 N–H and O–H groups in total. The number of hydrogen-bond donors (Lipinski definition) is 6. The Balaban J connectivity index is 0.000000499. The van der Waals surface area contributed by atoms with E-state index < -0.39 is 0 Å². The van der Waals surface area contributed by atoms with Crippen LogP contribution < -0.4 is 32.7 Å². The van der Waals surface area contributed by atoms with Gasteiger partial charge in [0.05, 0.1) is 10.8 Å². The molecule has 10 heteroatoms. The average molecular weight is 694 g/mol. The van der Waals surface area contributed by atoms with E-state index in [-0.39, 0.29) is 0 Å². The SMILES string of the molecule is Cc1cccc(C)c1N=C=S.Cc1cccc(C)c1NC(=S)NCCCCCNC(=S)Nc1c(C)cccc1C.NCCCCCN. The maximum Gasteiger partial charge on any atom is 0.170 e. The van der Waals surface area contributed by atoms with Crippen LogP contribution in [-0.4, -0.2) is 41.6 Å². The minimum atomic E-state index is 0.680. The molecule has 3 aromatic rings. The van der Waals surface area contributed by atoms with E-state index in [0.717, 1.165) is 86.5 Å². The lowest BCUT2D eigenvalue weighted by Crippen LogP contribution is -2.31. The van der Waals surface area contributed by atoms with Crippen LogP contribution in [0.25, 0.3) is 0 Å². The molecule has 0 amide bonds. The zero-order valence-corrected chi connectivity index (χ0v) is 31.5. The van der Waals surface area contributed by atoms with Crippen molar-refractivity contribution < 1.29 is 0 Å². The molecule has 0 aliphatic rings. The number of benzene rings is 3. The second-order valence-corrected chi connectivity index (χ2v) is 12.4. The van der Waals surface area contributed by atoms with E-state index >= 15 is 0 Å². The van der Waals surface area contributed by atoms with Crippen molar-refractivity contribution in [3.05, 3.63) is 88.0 Å². The zero-order chi connectivity index (χ0) is 35.0. The first kappa shape index (κ1) is 41.8. The van der Waals surface area contributed by atoms with Crippen molar-refractivity contribution in [3.8, 4) is 0 Å². The van der Waals surface area contributed by atoms with Gasteiger partial charge in [0.1, 0.15) is 0 Å². The fourth-order valence-corrected chi connectivity index (χ4v) is 5.16. The molecule has 0 heterocycles. The molecular weight excluding hydrogens is 639 g/mol. The Morgan fingerprint density at radius 2 is 0.915 bits per heavy atom. The molecule has 3 aromatic carbocycles. The zero-order valence-electron chi connectivity index (χ0n) is 29.1. The van der Waals surface area contributed by atoms with Crippen molar-refractivity contribution in [3.63, 3.8) is 0 Å². The van der Waals surface area contributed by atoms with Crippen LogP contribution in [0.4, 0.5) is 17.1 Å². The van der Waals surface area contributed by atoms with Crippen LogP contribution in [0.5, 0.6) is 0 Å². The number of nitrogens with zero attached hydrogens (tertiary/aromatic N) is 1. The Labute approximate surface area is 299 Å². The Morgan fingerprint density at radius 1 is 0.574 bits per heavy atom. The predicted molar refractivity (Wildman–Crippen MR) is 217 cm³/mol. The van der Waals surface area contributed by atoms with Crippen LogP contribution in [0, 0.1) is 41.5 Å². The molecule has 0 bridgehead atoms. The van der Waals surface area contributed by atoms with Crippen molar-refractivity contribution in [1.29, 1.82) is 0 Å². The summed E-state index contributed by atoms with van der Waals surface area (Å²) in [5, 5.41) is 16.9. The molecule has 7 nitrogen and oxygen atoms in total. The summed E-state index contributed by atoms with van der Waals surface area (Å²) in [6.45, 7) is 15.7. The number of aliphatic imine (C=N–C) groups is 1. The molecule has 0 saturated carbocycles. The molecule has 3 rings (SSSR count). The van der Waals surface area contributed by atoms with Gasteiger partial charge in [0.25, 0.3) is 0 Å². The molecule has 0 saturated heterocycles. The third kappa shape index (κ3) is 17.5. The first-order chi connectivity index (χ1) is 22.5. The number of rotatable bonds is 13. The first-order valence-corrected chi connectivity index (χ1v) is 17.5. The number of thiocarbonyl (C=S) groups is 3. The maximum absolute atomic E-state index is 5.41. The van der Waals surface area contributed by atoms with Gasteiger partial charge in [-0.1, -0.05) is 61.0 Å². The second kappa shape index (κ2) is 24.9. The summed E-state index contributed by atoms with van der Waals surface area (Å²) in [6.07, 6.45) is 6.67. The molecule has 0 fully saturated rings. The van der Waals surface area contributed by atoms with Crippen LogP contribution in [0.1, 0.15) is 71.9 Å². The van der Waals surface area contributed by atoms with Gasteiger partial charge >= 0.3 is 0 Å². The summed E-state index contributed by atoms with van der Waals surface area (Å²) in [5.74, 6) is 0. The van der Waals surface area contributed by atoms with Crippen molar-refractivity contribution in [2.45, 2.75) is 80.1 Å². The normalized spacial score (nSPS) is 9.87. The van der Waals surface area contributed by atoms with Crippen LogP contribution in [0.15, 0.2) is 59.6 Å². The van der Waals surface area contributed by atoms with E-state index in [4.69, 9.17) is 35.9 Å². The van der Waals surface area contributed by atoms with Crippen LogP contribution >= 0.6 is 36.7 Å². The second-order valence-electron chi connectivity index (χ2n) is 11.4. The molecule has 0 spiro atoms. The average Bonchev–Trinajstić information content (AvgIpc) is 3.03.